The van der Waals surface area contributed by atoms with E-state index in [4.69, 9.17) is 4.52 Å². The van der Waals surface area contributed by atoms with Gasteiger partial charge in [-0.3, -0.25) is 4.79 Å². The van der Waals surface area contributed by atoms with Gasteiger partial charge in [0.05, 0.1) is 0 Å². The Hall–Kier alpha value is -2.28. The maximum Gasteiger partial charge on any atom is 0.227 e. The van der Waals surface area contributed by atoms with Crippen LogP contribution in [0.5, 0.6) is 0 Å². The van der Waals surface area contributed by atoms with Gasteiger partial charge in [0.15, 0.2) is 0 Å². The molecule has 1 amide bonds. The van der Waals surface area contributed by atoms with Crippen molar-refractivity contribution in [2.75, 3.05) is 26.7 Å². The number of likely N-dealkylation sites (tertiary alicyclic amines) is 1. The number of nitrogens with one attached hydrogen (secondary N) is 1. The number of aryl methyl sites for hydroxylation is 2. The minimum absolute atomic E-state index is 0.128. The summed E-state index contributed by atoms with van der Waals surface area (Å²) >= 11 is 0. The van der Waals surface area contributed by atoms with Crippen molar-refractivity contribution >= 4 is 5.91 Å². The molecular weight excluding hydrogens is 347 g/mol. The van der Waals surface area contributed by atoms with E-state index in [9.17, 15) is 9.18 Å². The maximum absolute atomic E-state index is 13.7. The molecular formula is C20H27FN4O2. The second kappa shape index (κ2) is 9.08. The number of hydrogen-bond donors (Lipinski definition) is 1. The summed E-state index contributed by atoms with van der Waals surface area (Å²) in [5.41, 5.74) is 1.14. The molecule has 3 rings (SSSR count). The summed E-state index contributed by atoms with van der Waals surface area (Å²) < 4.78 is 18.9. The third-order valence-corrected chi connectivity index (χ3v) is 5.22. The third kappa shape index (κ3) is 5.13. The van der Waals surface area contributed by atoms with Crippen LogP contribution in [0.2, 0.25) is 0 Å². The quantitative estimate of drug-likeness (QED) is 0.807. The minimum Gasteiger partial charge on any atom is -0.343 e. The second-order valence-electron chi connectivity index (χ2n) is 7.19. The number of nitrogens with zero attached hydrogens (tertiary/aromatic N) is 3. The number of aromatic nitrogens is 2. The van der Waals surface area contributed by atoms with Gasteiger partial charge in [-0.25, -0.2) is 4.39 Å². The number of halogens is 1. The van der Waals surface area contributed by atoms with Crippen LogP contribution in [0.1, 0.15) is 37.1 Å². The van der Waals surface area contributed by atoms with Gasteiger partial charge in [-0.05, 0) is 57.3 Å². The van der Waals surface area contributed by atoms with Crippen LogP contribution >= 0.6 is 0 Å². The van der Waals surface area contributed by atoms with Crippen LogP contribution in [0.25, 0.3) is 11.4 Å². The van der Waals surface area contributed by atoms with Gasteiger partial charge in [0.1, 0.15) is 5.82 Å². The molecule has 1 aromatic heterocycles. The monoisotopic (exact) mass is 374 g/mol. The lowest BCUT2D eigenvalue weighted by Gasteiger charge is -2.32. The molecule has 7 heteroatoms. The molecule has 2 heterocycles. The molecule has 0 atom stereocenters. The van der Waals surface area contributed by atoms with Gasteiger partial charge < -0.3 is 14.7 Å². The summed E-state index contributed by atoms with van der Waals surface area (Å²) in [5, 5.41) is 7.08. The molecule has 0 spiro atoms. The molecule has 0 saturated carbocycles. The summed E-state index contributed by atoms with van der Waals surface area (Å²) in [6.45, 7) is 4.38. The van der Waals surface area contributed by atoms with Crippen molar-refractivity contribution in [3.8, 4) is 11.4 Å². The molecule has 0 unspecified atom stereocenters. The largest absolute Gasteiger partial charge is 0.343 e. The van der Waals surface area contributed by atoms with E-state index in [2.05, 4.69) is 15.5 Å². The number of rotatable bonds is 7. The summed E-state index contributed by atoms with van der Waals surface area (Å²) in [5.74, 6) is 1.29. The Balaban J connectivity index is 1.48. The Morgan fingerprint density at radius 2 is 2.15 bits per heavy atom. The second-order valence-corrected chi connectivity index (χ2v) is 7.19. The van der Waals surface area contributed by atoms with Crippen LogP contribution in [0.15, 0.2) is 22.7 Å². The lowest BCUT2D eigenvalue weighted by atomic mass is 9.93. The number of amides is 1. The first-order valence-corrected chi connectivity index (χ1v) is 9.58. The van der Waals surface area contributed by atoms with Gasteiger partial charge in [0, 0.05) is 31.5 Å². The molecule has 27 heavy (non-hydrogen) atoms. The molecule has 0 bridgehead atoms. The SMILES string of the molecule is CNCCC1CCN(C(=O)CCc2nc(-c3ccc(C)c(F)c3)no2)CC1. The van der Waals surface area contributed by atoms with Gasteiger partial charge in [-0.1, -0.05) is 17.3 Å². The predicted molar refractivity (Wildman–Crippen MR) is 101 cm³/mol. The van der Waals surface area contributed by atoms with Gasteiger partial charge in [0.2, 0.25) is 17.6 Å². The average Bonchev–Trinajstić information content (AvgIpc) is 3.16. The van der Waals surface area contributed by atoms with Crippen molar-refractivity contribution in [1.29, 1.82) is 0 Å². The topological polar surface area (TPSA) is 71.3 Å². The first-order chi connectivity index (χ1) is 13.1. The molecule has 1 aliphatic heterocycles. The molecule has 6 nitrogen and oxygen atoms in total. The van der Waals surface area contributed by atoms with Crippen LogP contribution in [0, 0.1) is 18.7 Å². The highest BCUT2D eigenvalue weighted by Gasteiger charge is 2.22. The fourth-order valence-electron chi connectivity index (χ4n) is 3.40. The third-order valence-electron chi connectivity index (χ3n) is 5.22. The number of benzene rings is 1. The van der Waals surface area contributed by atoms with E-state index in [0.717, 1.165) is 32.5 Å². The van der Waals surface area contributed by atoms with Crippen molar-refractivity contribution in [2.45, 2.75) is 39.0 Å². The summed E-state index contributed by atoms with van der Waals surface area (Å²) in [7, 11) is 1.97. The minimum atomic E-state index is -0.299. The molecule has 1 fully saturated rings. The smallest absolute Gasteiger partial charge is 0.227 e. The normalized spacial score (nSPS) is 15.3. The Labute approximate surface area is 159 Å². The Morgan fingerprint density at radius 3 is 2.85 bits per heavy atom. The van der Waals surface area contributed by atoms with Crippen LogP contribution in [-0.2, 0) is 11.2 Å². The Bertz CT molecular complexity index is 769. The van der Waals surface area contributed by atoms with Crippen LogP contribution in [0.4, 0.5) is 4.39 Å². The summed E-state index contributed by atoms with van der Waals surface area (Å²) in [4.78, 5) is 18.7. The van der Waals surface area contributed by atoms with Crippen molar-refractivity contribution in [1.82, 2.24) is 20.4 Å². The highest BCUT2D eigenvalue weighted by Crippen LogP contribution is 2.22. The van der Waals surface area contributed by atoms with Crippen molar-refractivity contribution in [3.05, 3.63) is 35.5 Å². The zero-order chi connectivity index (χ0) is 19.2. The molecule has 1 aliphatic rings. The molecule has 1 N–H and O–H groups in total. The lowest BCUT2D eigenvalue weighted by molar-refractivity contribution is -0.132. The van der Waals surface area contributed by atoms with E-state index in [1.165, 1.54) is 12.5 Å². The van der Waals surface area contributed by atoms with Crippen LogP contribution < -0.4 is 5.32 Å². The zero-order valence-corrected chi connectivity index (χ0v) is 16.0. The first kappa shape index (κ1) is 19.5. The molecule has 1 saturated heterocycles. The number of piperidine rings is 1. The van der Waals surface area contributed by atoms with Gasteiger partial charge in [-0.15, -0.1) is 0 Å². The van der Waals surface area contributed by atoms with E-state index in [0.29, 0.717) is 41.6 Å². The summed E-state index contributed by atoms with van der Waals surface area (Å²) in [6.07, 6.45) is 4.06. The first-order valence-electron chi connectivity index (χ1n) is 9.58. The zero-order valence-electron chi connectivity index (χ0n) is 16.0. The van der Waals surface area contributed by atoms with Crippen molar-refractivity contribution < 1.29 is 13.7 Å². The van der Waals surface area contributed by atoms with E-state index in [1.54, 1.807) is 19.1 Å². The van der Waals surface area contributed by atoms with Gasteiger partial charge in [0.25, 0.3) is 0 Å². The van der Waals surface area contributed by atoms with Crippen molar-refractivity contribution in [2.24, 2.45) is 5.92 Å². The lowest BCUT2D eigenvalue weighted by Crippen LogP contribution is -2.39. The van der Waals surface area contributed by atoms with E-state index in [1.807, 2.05) is 11.9 Å². The van der Waals surface area contributed by atoms with Crippen LogP contribution in [0.3, 0.4) is 0 Å². The molecule has 0 radical (unpaired) electrons. The highest BCUT2D eigenvalue weighted by molar-refractivity contribution is 5.76. The van der Waals surface area contributed by atoms with Gasteiger partial charge in [-0.2, -0.15) is 4.98 Å². The summed E-state index contributed by atoms with van der Waals surface area (Å²) in [6, 6.07) is 4.84. The number of carbonyl (C=O) groups is 1. The Kier molecular flexibility index (Phi) is 6.55. The van der Waals surface area contributed by atoms with Crippen molar-refractivity contribution in [3.63, 3.8) is 0 Å². The Morgan fingerprint density at radius 1 is 1.37 bits per heavy atom. The number of carbonyl (C=O) groups excluding carboxylic acids is 1. The predicted octanol–water partition coefficient (Wildman–Crippen LogP) is 2.96. The maximum atomic E-state index is 13.7. The molecule has 146 valence electrons. The highest BCUT2D eigenvalue weighted by atomic mass is 19.1. The van der Waals surface area contributed by atoms with Crippen LogP contribution in [-0.4, -0.2) is 47.6 Å². The van der Waals surface area contributed by atoms with E-state index >= 15 is 0 Å². The number of hydrogen-bond acceptors (Lipinski definition) is 5. The molecule has 2 aromatic rings. The standard InChI is InChI=1S/C20H27FN4O2/c1-14-3-4-16(13-17(14)21)20-23-18(27-24-20)5-6-19(26)25-11-8-15(9-12-25)7-10-22-2/h3-4,13,15,22H,5-12H2,1-2H3. The fourth-order valence-corrected chi connectivity index (χ4v) is 3.40. The average molecular weight is 374 g/mol. The van der Waals surface area contributed by atoms with Gasteiger partial charge >= 0.3 is 0 Å². The molecule has 0 aliphatic carbocycles. The fraction of sp³-hybridized carbons (Fsp3) is 0.550. The van der Waals surface area contributed by atoms with E-state index < -0.39 is 0 Å². The van der Waals surface area contributed by atoms with E-state index in [-0.39, 0.29) is 11.7 Å². The molecule has 1 aromatic carbocycles.